The summed E-state index contributed by atoms with van der Waals surface area (Å²) in [4.78, 5) is 15.7. The van der Waals surface area contributed by atoms with Gasteiger partial charge in [-0.25, -0.2) is 0 Å². The Morgan fingerprint density at radius 1 is 1.50 bits per heavy atom. The Bertz CT molecular complexity index is 377. The summed E-state index contributed by atoms with van der Waals surface area (Å²) in [6.07, 6.45) is 4.83. The van der Waals surface area contributed by atoms with Crippen LogP contribution in [0.2, 0.25) is 0 Å². The van der Waals surface area contributed by atoms with Crippen molar-refractivity contribution in [2.24, 2.45) is 5.41 Å². The van der Waals surface area contributed by atoms with Gasteiger partial charge in [-0.1, -0.05) is 27.2 Å². The van der Waals surface area contributed by atoms with E-state index in [1.165, 1.54) is 0 Å². The molecule has 0 fully saturated rings. The normalized spacial score (nSPS) is 11.2. The molecule has 4 heteroatoms. The fraction of sp³-hybridized carbons (Fsp3) is 0.500. The lowest BCUT2D eigenvalue weighted by Crippen LogP contribution is -2.21. The van der Waals surface area contributed by atoms with Gasteiger partial charge in [-0.15, -0.1) is 0 Å². The van der Waals surface area contributed by atoms with Crippen molar-refractivity contribution in [2.75, 3.05) is 5.32 Å². The Kier molecular flexibility index (Phi) is 4.47. The van der Waals surface area contributed by atoms with E-state index in [9.17, 15) is 4.79 Å². The van der Waals surface area contributed by atoms with Gasteiger partial charge in [0.1, 0.15) is 0 Å². The minimum Gasteiger partial charge on any atom is -0.325 e. The molecule has 0 atom stereocenters. The van der Waals surface area contributed by atoms with Crippen molar-refractivity contribution in [1.29, 1.82) is 0 Å². The maximum atomic E-state index is 11.7. The number of aromatic nitrogens is 1. The van der Waals surface area contributed by atoms with Crippen LogP contribution >= 0.6 is 15.9 Å². The number of anilines is 1. The summed E-state index contributed by atoms with van der Waals surface area (Å²) in [6, 6.07) is 1.84. The van der Waals surface area contributed by atoms with Crippen LogP contribution in [0.25, 0.3) is 0 Å². The number of rotatable bonds is 4. The van der Waals surface area contributed by atoms with E-state index < -0.39 is 0 Å². The first-order valence-electron chi connectivity index (χ1n) is 5.33. The van der Waals surface area contributed by atoms with Crippen molar-refractivity contribution in [3.8, 4) is 0 Å². The number of nitrogens with one attached hydrogen (secondary N) is 1. The number of pyridine rings is 1. The quantitative estimate of drug-likeness (QED) is 0.918. The van der Waals surface area contributed by atoms with Crippen molar-refractivity contribution in [2.45, 2.75) is 33.6 Å². The number of carbonyl (C=O) groups excluding carboxylic acids is 1. The largest absolute Gasteiger partial charge is 0.325 e. The van der Waals surface area contributed by atoms with Gasteiger partial charge in [-0.3, -0.25) is 9.78 Å². The van der Waals surface area contributed by atoms with E-state index in [4.69, 9.17) is 0 Å². The monoisotopic (exact) mass is 284 g/mol. The third-order valence-electron chi connectivity index (χ3n) is 2.58. The van der Waals surface area contributed by atoms with E-state index in [-0.39, 0.29) is 11.3 Å². The topological polar surface area (TPSA) is 42.0 Å². The standard InChI is InChI=1S/C12H17BrN2O/c1-4-12(2,3)6-11(16)15-10-5-9(13)7-14-8-10/h5,7-8H,4,6H2,1-3H3,(H,15,16). The molecule has 1 aromatic rings. The lowest BCUT2D eigenvalue weighted by molar-refractivity contribution is -0.118. The second-order valence-corrected chi connectivity index (χ2v) is 5.55. The molecule has 0 aliphatic heterocycles. The highest BCUT2D eigenvalue weighted by atomic mass is 79.9. The molecule has 0 bridgehead atoms. The summed E-state index contributed by atoms with van der Waals surface area (Å²) in [7, 11) is 0. The summed E-state index contributed by atoms with van der Waals surface area (Å²) < 4.78 is 0.861. The molecule has 0 spiro atoms. The SMILES string of the molecule is CCC(C)(C)CC(=O)Nc1cncc(Br)c1. The molecule has 0 saturated heterocycles. The third kappa shape index (κ3) is 4.31. The van der Waals surface area contributed by atoms with Crippen molar-refractivity contribution >= 4 is 27.5 Å². The maximum absolute atomic E-state index is 11.7. The smallest absolute Gasteiger partial charge is 0.224 e. The predicted octanol–water partition coefficient (Wildman–Crippen LogP) is 3.61. The number of carbonyl (C=O) groups is 1. The Morgan fingerprint density at radius 3 is 2.75 bits per heavy atom. The van der Waals surface area contributed by atoms with E-state index in [1.54, 1.807) is 12.4 Å². The molecule has 0 aliphatic carbocycles. The van der Waals surface area contributed by atoms with Gasteiger partial charge in [0, 0.05) is 17.1 Å². The van der Waals surface area contributed by atoms with E-state index in [0.717, 1.165) is 16.6 Å². The third-order valence-corrected chi connectivity index (χ3v) is 3.02. The molecule has 3 nitrogen and oxygen atoms in total. The maximum Gasteiger partial charge on any atom is 0.224 e. The molecular formula is C12H17BrN2O. The fourth-order valence-electron chi connectivity index (χ4n) is 1.25. The van der Waals surface area contributed by atoms with Crippen LogP contribution in [0.1, 0.15) is 33.6 Å². The highest BCUT2D eigenvalue weighted by Gasteiger charge is 2.19. The van der Waals surface area contributed by atoms with E-state index >= 15 is 0 Å². The molecule has 0 aliphatic rings. The first-order chi connectivity index (χ1) is 7.43. The second kappa shape index (κ2) is 5.43. The zero-order valence-corrected chi connectivity index (χ0v) is 11.5. The average Bonchev–Trinajstić information content (AvgIpc) is 2.16. The number of hydrogen-bond donors (Lipinski definition) is 1. The van der Waals surface area contributed by atoms with Crippen LogP contribution in [-0.4, -0.2) is 10.9 Å². The first kappa shape index (κ1) is 13.2. The predicted molar refractivity (Wildman–Crippen MR) is 69.3 cm³/mol. The molecule has 0 saturated carbocycles. The zero-order chi connectivity index (χ0) is 12.2. The number of amides is 1. The van der Waals surface area contributed by atoms with Crippen molar-refractivity contribution < 1.29 is 4.79 Å². The van der Waals surface area contributed by atoms with Crippen LogP contribution in [0.3, 0.4) is 0 Å². The van der Waals surface area contributed by atoms with Crippen LogP contribution in [0.5, 0.6) is 0 Å². The molecule has 1 amide bonds. The van der Waals surface area contributed by atoms with E-state index in [0.29, 0.717) is 6.42 Å². The highest BCUT2D eigenvalue weighted by Crippen LogP contribution is 2.25. The van der Waals surface area contributed by atoms with Crippen molar-refractivity contribution in [1.82, 2.24) is 4.98 Å². The van der Waals surface area contributed by atoms with Gasteiger partial charge < -0.3 is 5.32 Å². The van der Waals surface area contributed by atoms with Gasteiger partial charge in [0.05, 0.1) is 11.9 Å². The minimum atomic E-state index is 0.0340. The van der Waals surface area contributed by atoms with Gasteiger partial charge in [0.2, 0.25) is 5.91 Å². The molecule has 1 heterocycles. The number of halogens is 1. The fourth-order valence-corrected chi connectivity index (χ4v) is 1.61. The van der Waals surface area contributed by atoms with Crippen molar-refractivity contribution in [3.05, 3.63) is 22.9 Å². The molecular weight excluding hydrogens is 268 g/mol. The lowest BCUT2D eigenvalue weighted by Gasteiger charge is -2.21. The first-order valence-corrected chi connectivity index (χ1v) is 6.12. The molecule has 0 radical (unpaired) electrons. The lowest BCUT2D eigenvalue weighted by atomic mass is 9.86. The van der Waals surface area contributed by atoms with E-state index in [2.05, 4.69) is 47.0 Å². The summed E-state index contributed by atoms with van der Waals surface area (Å²) >= 11 is 3.31. The zero-order valence-electron chi connectivity index (χ0n) is 9.88. The summed E-state index contributed by atoms with van der Waals surface area (Å²) in [6.45, 7) is 6.27. The van der Waals surface area contributed by atoms with Gasteiger partial charge in [0.25, 0.3) is 0 Å². The van der Waals surface area contributed by atoms with Crippen LogP contribution < -0.4 is 5.32 Å². The molecule has 16 heavy (non-hydrogen) atoms. The molecule has 1 N–H and O–H groups in total. The van der Waals surface area contributed by atoms with Crippen LogP contribution in [0, 0.1) is 5.41 Å². The molecule has 0 unspecified atom stereocenters. The van der Waals surface area contributed by atoms with Gasteiger partial charge in [-0.2, -0.15) is 0 Å². The van der Waals surface area contributed by atoms with Crippen LogP contribution in [0.15, 0.2) is 22.9 Å². The van der Waals surface area contributed by atoms with Gasteiger partial charge >= 0.3 is 0 Å². The molecule has 88 valence electrons. The summed E-state index contributed by atoms with van der Waals surface area (Å²) in [5.41, 5.74) is 0.773. The number of nitrogens with zero attached hydrogens (tertiary/aromatic N) is 1. The highest BCUT2D eigenvalue weighted by molar-refractivity contribution is 9.10. The Balaban J connectivity index is 2.59. The summed E-state index contributed by atoms with van der Waals surface area (Å²) in [5.74, 6) is 0.0340. The van der Waals surface area contributed by atoms with Crippen LogP contribution in [-0.2, 0) is 4.79 Å². The number of hydrogen-bond acceptors (Lipinski definition) is 2. The van der Waals surface area contributed by atoms with E-state index in [1.807, 2.05) is 6.07 Å². The van der Waals surface area contributed by atoms with Gasteiger partial charge in [0.15, 0.2) is 0 Å². The Labute approximate surface area is 105 Å². The Hall–Kier alpha value is -0.900. The molecule has 0 aromatic carbocycles. The second-order valence-electron chi connectivity index (χ2n) is 4.63. The van der Waals surface area contributed by atoms with Crippen molar-refractivity contribution in [3.63, 3.8) is 0 Å². The average molecular weight is 285 g/mol. The summed E-state index contributed by atoms with van der Waals surface area (Å²) in [5, 5.41) is 2.84. The minimum absolute atomic E-state index is 0.0340. The molecule has 1 rings (SSSR count). The van der Waals surface area contributed by atoms with Gasteiger partial charge in [-0.05, 0) is 27.4 Å². The molecule has 1 aromatic heterocycles. The Morgan fingerprint density at radius 2 is 2.19 bits per heavy atom. The van der Waals surface area contributed by atoms with Crippen LogP contribution in [0.4, 0.5) is 5.69 Å².